The topological polar surface area (TPSA) is 59.2 Å². The third kappa shape index (κ3) is 2.76. The lowest BCUT2D eigenvalue weighted by molar-refractivity contribution is -0.137. The van der Waals surface area contributed by atoms with E-state index >= 15 is 0 Å². The Morgan fingerprint density at radius 3 is 2.63 bits per heavy atom. The Kier molecular flexibility index (Phi) is 3.57. The molecule has 1 aromatic heterocycles. The quantitative estimate of drug-likeness (QED) is 0.932. The van der Waals surface area contributed by atoms with Crippen molar-refractivity contribution in [2.75, 3.05) is 0 Å². The molecule has 0 spiro atoms. The molecule has 2 aromatic rings. The van der Waals surface area contributed by atoms with Gasteiger partial charge in [-0.25, -0.2) is 0 Å². The summed E-state index contributed by atoms with van der Waals surface area (Å²) in [5.74, 6) is -0.273. The molecule has 4 nitrogen and oxygen atoms in total. The molecule has 1 heterocycles. The second kappa shape index (κ2) is 5.00. The van der Waals surface area contributed by atoms with Gasteiger partial charge < -0.3 is 9.63 Å². The maximum Gasteiger partial charge on any atom is 0.417 e. The highest BCUT2D eigenvalue weighted by Gasteiger charge is 2.34. The number of nitrogens with zero attached hydrogens (tertiary/aromatic N) is 2. The molecule has 0 saturated heterocycles. The van der Waals surface area contributed by atoms with Crippen molar-refractivity contribution >= 4 is 0 Å². The third-order valence-corrected chi connectivity index (χ3v) is 2.59. The van der Waals surface area contributed by atoms with Gasteiger partial charge in [0.05, 0.1) is 11.1 Å². The van der Waals surface area contributed by atoms with Crippen LogP contribution < -0.4 is 0 Å². The van der Waals surface area contributed by atoms with Crippen molar-refractivity contribution in [3.8, 4) is 11.5 Å². The van der Waals surface area contributed by atoms with E-state index in [0.29, 0.717) is 6.42 Å². The van der Waals surface area contributed by atoms with Crippen LogP contribution in [0.5, 0.6) is 0 Å². The van der Waals surface area contributed by atoms with Gasteiger partial charge in [-0.1, -0.05) is 24.2 Å². The predicted octanol–water partition coefficient (Wildman–Crippen LogP) is 3.20. The third-order valence-electron chi connectivity index (χ3n) is 2.59. The summed E-state index contributed by atoms with van der Waals surface area (Å²) in [4.78, 5) is 3.80. The van der Waals surface area contributed by atoms with Crippen molar-refractivity contribution in [3.63, 3.8) is 0 Å². The summed E-state index contributed by atoms with van der Waals surface area (Å²) >= 11 is 0. The fraction of sp³-hybridized carbons (Fsp3) is 0.333. The van der Waals surface area contributed by atoms with E-state index in [9.17, 15) is 18.3 Å². The fourth-order valence-electron chi connectivity index (χ4n) is 1.58. The molecule has 1 unspecified atom stereocenters. The predicted molar refractivity (Wildman–Crippen MR) is 60.0 cm³/mol. The number of aromatic nitrogens is 2. The summed E-state index contributed by atoms with van der Waals surface area (Å²) in [5.41, 5.74) is -1.05. The number of benzene rings is 1. The monoisotopic (exact) mass is 272 g/mol. The van der Waals surface area contributed by atoms with E-state index in [-0.39, 0.29) is 17.3 Å². The molecule has 0 fully saturated rings. The molecular formula is C12H11F3N2O2. The summed E-state index contributed by atoms with van der Waals surface area (Å²) < 4.78 is 43.3. The maximum atomic E-state index is 12.8. The number of aliphatic hydroxyl groups excluding tert-OH is 1. The summed E-state index contributed by atoms with van der Waals surface area (Å²) in [6, 6.07) is 4.92. The molecule has 102 valence electrons. The van der Waals surface area contributed by atoms with Gasteiger partial charge in [-0.15, -0.1) is 0 Å². The van der Waals surface area contributed by atoms with Gasteiger partial charge in [-0.05, 0) is 18.6 Å². The van der Waals surface area contributed by atoms with E-state index < -0.39 is 17.8 Å². The standard InChI is InChI=1S/C12H11F3N2O2/c1-2-9(18)10-16-11(19-17-10)7-5-3-4-6-8(7)12(13,14)15/h3-6,9,18H,2H2,1H3. The molecule has 1 N–H and O–H groups in total. The highest BCUT2D eigenvalue weighted by Crippen LogP contribution is 2.36. The van der Waals surface area contributed by atoms with Crippen LogP contribution in [0.15, 0.2) is 28.8 Å². The zero-order valence-corrected chi connectivity index (χ0v) is 9.98. The highest BCUT2D eigenvalue weighted by atomic mass is 19.4. The van der Waals surface area contributed by atoms with Gasteiger partial charge in [0.1, 0.15) is 6.10 Å². The Morgan fingerprint density at radius 2 is 2.00 bits per heavy atom. The summed E-state index contributed by atoms with van der Waals surface area (Å²) in [6.07, 6.45) is -5.11. The number of hydrogen-bond donors (Lipinski definition) is 1. The van der Waals surface area contributed by atoms with Crippen LogP contribution in [0.4, 0.5) is 13.2 Å². The Balaban J connectivity index is 2.45. The van der Waals surface area contributed by atoms with Gasteiger partial charge in [-0.3, -0.25) is 0 Å². The molecule has 0 amide bonds. The van der Waals surface area contributed by atoms with Crippen LogP contribution in [0.25, 0.3) is 11.5 Å². The molecule has 7 heteroatoms. The number of alkyl halides is 3. The van der Waals surface area contributed by atoms with Crippen molar-refractivity contribution in [2.24, 2.45) is 0 Å². The van der Waals surface area contributed by atoms with Gasteiger partial charge in [0.25, 0.3) is 5.89 Å². The van der Waals surface area contributed by atoms with Crippen LogP contribution in [0, 0.1) is 0 Å². The van der Waals surface area contributed by atoms with E-state index in [1.165, 1.54) is 18.2 Å². The lowest BCUT2D eigenvalue weighted by atomic mass is 10.1. The normalized spacial score (nSPS) is 13.5. The van der Waals surface area contributed by atoms with Crippen LogP contribution in [-0.4, -0.2) is 15.2 Å². The summed E-state index contributed by atoms with van der Waals surface area (Å²) in [6.45, 7) is 1.70. The first kappa shape index (κ1) is 13.5. The fourth-order valence-corrected chi connectivity index (χ4v) is 1.58. The first-order chi connectivity index (χ1) is 8.93. The van der Waals surface area contributed by atoms with Crippen LogP contribution in [0.1, 0.15) is 30.8 Å². The second-order valence-corrected chi connectivity index (χ2v) is 3.93. The minimum atomic E-state index is -4.51. The van der Waals surface area contributed by atoms with Gasteiger partial charge in [0.2, 0.25) is 5.82 Å². The van der Waals surface area contributed by atoms with Gasteiger partial charge >= 0.3 is 6.18 Å². The average molecular weight is 272 g/mol. The lowest BCUT2D eigenvalue weighted by Gasteiger charge is -2.09. The first-order valence-corrected chi connectivity index (χ1v) is 5.61. The minimum absolute atomic E-state index is 0.0190. The molecule has 1 aromatic carbocycles. The molecule has 0 aliphatic carbocycles. The molecular weight excluding hydrogens is 261 g/mol. The van der Waals surface area contributed by atoms with Crippen LogP contribution in [-0.2, 0) is 6.18 Å². The Morgan fingerprint density at radius 1 is 1.32 bits per heavy atom. The molecule has 0 saturated carbocycles. The van der Waals surface area contributed by atoms with Gasteiger partial charge in [-0.2, -0.15) is 18.2 Å². The second-order valence-electron chi connectivity index (χ2n) is 3.93. The largest absolute Gasteiger partial charge is 0.417 e. The van der Waals surface area contributed by atoms with Gasteiger partial charge in [0.15, 0.2) is 0 Å². The van der Waals surface area contributed by atoms with E-state index in [0.717, 1.165) is 6.07 Å². The van der Waals surface area contributed by atoms with Crippen LogP contribution >= 0.6 is 0 Å². The number of rotatable bonds is 3. The zero-order valence-electron chi connectivity index (χ0n) is 9.98. The highest BCUT2D eigenvalue weighted by molar-refractivity contribution is 5.59. The number of hydrogen-bond acceptors (Lipinski definition) is 4. The first-order valence-electron chi connectivity index (χ1n) is 5.61. The molecule has 0 aliphatic heterocycles. The van der Waals surface area contributed by atoms with E-state index in [1.807, 2.05) is 0 Å². The summed E-state index contributed by atoms with van der Waals surface area (Å²) in [7, 11) is 0. The molecule has 19 heavy (non-hydrogen) atoms. The van der Waals surface area contributed by atoms with E-state index in [2.05, 4.69) is 10.1 Å². The number of halogens is 3. The zero-order chi connectivity index (χ0) is 14.0. The number of aliphatic hydroxyl groups is 1. The summed E-state index contributed by atoms with van der Waals surface area (Å²) in [5, 5.41) is 13.0. The molecule has 1 atom stereocenters. The van der Waals surface area contributed by atoms with Crippen molar-refractivity contribution in [2.45, 2.75) is 25.6 Å². The average Bonchev–Trinajstić information content (AvgIpc) is 2.86. The van der Waals surface area contributed by atoms with Crippen molar-refractivity contribution in [3.05, 3.63) is 35.7 Å². The van der Waals surface area contributed by atoms with Crippen molar-refractivity contribution in [1.29, 1.82) is 0 Å². The van der Waals surface area contributed by atoms with E-state index in [1.54, 1.807) is 6.92 Å². The van der Waals surface area contributed by atoms with Crippen LogP contribution in [0.2, 0.25) is 0 Å². The Hall–Kier alpha value is -1.89. The Labute approximate surface area is 106 Å². The lowest BCUT2D eigenvalue weighted by Crippen LogP contribution is -2.07. The smallest absolute Gasteiger partial charge is 0.385 e. The van der Waals surface area contributed by atoms with Gasteiger partial charge in [0, 0.05) is 0 Å². The van der Waals surface area contributed by atoms with Crippen LogP contribution in [0.3, 0.4) is 0 Å². The maximum absolute atomic E-state index is 12.8. The van der Waals surface area contributed by atoms with Crippen molar-refractivity contribution in [1.82, 2.24) is 10.1 Å². The van der Waals surface area contributed by atoms with E-state index in [4.69, 9.17) is 4.52 Å². The minimum Gasteiger partial charge on any atom is -0.385 e. The molecule has 2 rings (SSSR count). The molecule has 0 bridgehead atoms. The molecule has 0 aliphatic rings. The van der Waals surface area contributed by atoms with Crippen molar-refractivity contribution < 1.29 is 22.8 Å². The Bertz CT molecular complexity index is 566. The SMILES string of the molecule is CCC(O)c1noc(-c2ccccc2C(F)(F)F)n1. The molecule has 0 radical (unpaired) electrons.